The highest BCUT2D eigenvalue weighted by molar-refractivity contribution is 5.87. The lowest BCUT2D eigenvalue weighted by Gasteiger charge is -2.04. The van der Waals surface area contributed by atoms with Gasteiger partial charge in [0.25, 0.3) is 0 Å². The van der Waals surface area contributed by atoms with E-state index in [1.54, 1.807) is 30.7 Å². The van der Waals surface area contributed by atoms with E-state index in [1.165, 1.54) is 18.2 Å². The van der Waals surface area contributed by atoms with Gasteiger partial charge in [0.15, 0.2) is 0 Å². The Morgan fingerprint density at radius 1 is 1.04 bits per heavy atom. The molecular weight excluding hydrogens is 331 g/mol. The van der Waals surface area contributed by atoms with Gasteiger partial charge in [0.1, 0.15) is 17.2 Å². The number of hydrogen-bond acceptors (Lipinski definition) is 3. The van der Waals surface area contributed by atoms with Crippen molar-refractivity contribution >= 4 is 11.0 Å². The molecule has 0 radical (unpaired) electrons. The van der Waals surface area contributed by atoms with Gasteiger partial charge in [-0.3, -0.25) is 9.78 Å². The van der Waals surface area contributed by atoms with Crippen LogP contribution in [0.3, 0.4) is 0 Å². The second-order valence-corrected chi connectivity index (χ2v) is 6.20. The number of nitrogens with one attached hydrogen (secondary N) is 1. The zero-order valence-corrected chi connectivity index (χ0v) is 14.0. The van der Waals surface area contributed by atoms with E-state index >= 15 is 0 Å². The third kappa shape index (κ3) is 3.28. The average molecular weight is 348 g/mol. The second-order valence-electron chi connectivity index (χ2n) is 6.20. The maximum Gasteiger partial charge on any atom is 0.247 e. The number of benzene rings is 1. The quantitative estimate of drug-likeness (QED) is 0.578. The monoisotopic (exact) mass is 348 g/mol. The number of nitrogens with zero attached hydrogens (tertiary/aromatic N) is 1. The SMILES string of the molecule is O=c1ccc(CCCc2c(-c3ccc(F)cc3)oc3ccncc23)c[nH]1. The van der Waals surface area contributed by atoms with Crippen LogP contribution in [0.25, 0.3) is 22.3 Å². The van der Waals surface area contributed by atoms with Crippen molar-refractivity contribution in [1.82, 2.24) is 9.97 Å². The largest absolute Gasteiger partial charge is 0.456 e. The summed E-state index contributed by atoms with van der Waals surface area (Å²) in [6.45, 7) is 0. The maximum absolute atomic E-state index is 13.3. The number of aromatic amines is 1. The Balaban J connectivity index is 1.64. The van der Waals surface area contributed by atoms with Crippen LogP contribution in [-0.4, -0.2) is 9.97 Å². The molecule has 4 nitrogen and oxygen atoms in total. The molecule has 4 aromatic rings. The fourth-order valence-corrected chi connectivity index (χ4v) is 3.14. The zero-order valence-electron chi connectivity index (χ0n) is 14.0. The molecular formula is C21H17FN2O2. The summed E-state index contributed by atoms with van der Waals surface area (Å²) in [5.74, 6) is 0.487. The molecule has 3 aromatic heterocycles. The van der Waals surface area contributed by atoms with E-state index in [2.05, 4.69) is 9.97 Å². The molecule has 0 unspecified atom stereocenters. The van der Waals surface area contributed by atoms with Crippen molar-refractivity contribution in [2.45, 2.75) is 19.3 Å². The average Bonchev–Trinajstić information content (AvgIpc) is 3.03. The summed E-state index contributed by atoms with van der Waals surface area (Å²) in [7, 11) is 0. The normalized spacial score (nSPS) is 11.1. The third-order valence-electron chi connectivity index (χ3n) is 4.44. The highest BCUT2D eigenvalue weighted by atomic mass is 19.1. The molecule has 0 fully saturated rings. The van der Waals surface area contributed by atoms with Gasteiger partial charge in [-0.05, 0) is 55.2 Å². The molecule has 4 rings (SSSR count). The molecule has 5 heteroatoms. The van der Waals surface area contributed by atoms with Gasteiger partial charge in [0.2, 0.25) is 5.56 Å². The summed E-state index contributed by atoms with van der Waals surface area (Å²) in [5, 5.41) is 0.980. The van der Waals surface area contributed by atoms with Crippen molar-refractivity contribution in [3.8, 4) is 11.3 Å². The van der Waals surface area contributed by atoms with Gasteiger partial charge in [-0.2, -0.15) is 0 Å². The van der Waals surface area contributed by atoms with Crippen molar-refractivity contribution in [2.75, 3.05) is 0 Å². The first-order valence-corrected chi connectivity index (χ1v) is 8.49. The van der Waals surface area contributed by atoms with Crippen molar-refractivity contribution < 1.29 is 8.81 Å². The fourth-order valence-electron chi connectivity index (χ4n) is 3.14. The Hall–Kier alpha value is -3.21. The van der Waals surface area contributed by atoms with E-state index in [1.807, 2.05) is 12.1 Å². The zero-order chi connectivity index (χ0) is 17.9. The van der Waals surface area contributed by atoms with Crippen LogP contribution >= 0.6 is 0 Å². The number of pyridine rings is 2. The van der Waals surface area contributed by atoms with Crippen LogP contribution in [0.4, 0.5) is 4.39 Å². The minimum atomic E-state index is -0.272. The highest BCUT2D eigenvalue weighted by Gasteiger charge is 2.16. The first-order chi connectivity index (χ1) is 12.7. The van der Waals surface area contributed by atoms with Gasteiger partial charge in [0, 0.05) is 41.2 Å². The Bertz CT molecular complexity index is 1080. The predicted octanol–water partition coefficient (Wildman–Crippen LogP) is 4.50. The topological polar surface area (TPSA) is 58.9 Å². The van der Waals surface area contributed by atoms with Crippen LogP contribution in [0, 0.1) is 5.82 Å². The summed E-state index contributed by atoms with van der Waals surface area (Å²) in [5.41, 5.74) is 3.68. The molecule has 0 saturated carbocycles. The van der Waals surface area contributed by atoms with E-state index in [9.17, 15) is 9.18 Å². The van der Waals surface area contributed by atoms with Crippen molar-refractivity contribution in [2.24, 2.45) is 0 Å². The van der Waals surface area contributed by atoms with Crippen molar-refractivity contribution in [1.29, 1.82) is 0 Å². The van der Waals surface area contributed by atoms with E-state index in [0.717, 1.165) is 52.7 Å². The van der Waals surface area contributed by atoms with Crippen molar-refractivity contribution in [3.63, 3.8) is 0 Å². The Kier molecular flexibility index (Phi) is 4.35. The molecule has 0 saturated heterocycles. The molecule has 0 aliphatic carbocycles. The molecule has 0 atom stereocenters. The molecule has 1 N–H and O–H groups in total. The summed E-state index contributed by atoms with van der Waals surface area (Å²) in [4.78, 5) is 18.1. The van der Waals surface area contributed by atoms with Crippen LogP contribution in [0.1, 0.15) is 17.5 Å². The number of H-pyrrole nitrogens is 1. The number of halogens is 1. The Morgan fingerprint density at radius 2 is 1.88 bits per heavy atom. The van der Waals surface area contributed by atoms with E-state index in [-0.39, 0.29) is 11.4 Å². The number of rotatable bonds is 5. The van der Waals surface area contributed by atoms with E-state index in [4.69, 9.17) is 4.42 Å². The van der Waals surface area contributed by atoms with Gasteiger partial charge in [-0.25, -0.2) is 4.39 Å². The lowest BCUT2D eigenvalue weighted by Crippen LogP contribution is -2.03. The summed E-state index contributed by atoms with van der Waals surface area (Å²) < 4.78 is 19.3. The Labute approximate surface area is 149 Å². The number of fused-ring (bicyclic) bond motifs is 1. The van der Waals surface area contributed by atoms with E-state index < -0.39 is 0 Å². The summed E-state index contributed by atoms with van der Waals surface area (Å²) >= 11 is 0. The second kappa shape index (κ2) is 6.96. The summed E-state index contributed by atoms with van der Waals surface area (Å²) in [6.07, 6.45) is 7.78. The highest BCUT2D eigenvalue weighted by Crippen LogP contribution is 2.34. The smallest absolute Gasteiger partial charge is 0.247 e. The lowest BCUT2D eigenvalue weighted by molar-refractivity contribution is 0.619. The third-order valence-corrected chi connectivity index (χ3v) is 4.44. The number of aromatic nitrogens is 2. The Morgan fingerprint density at radius 3 is 2.65 bits per heavy atom. The van der Waals surface area contributed by atoms with Crippen LogP contribution in [0.5, 0.6) is 0 Å². The lowest BCUT2D eigenvalue weighted by atomic mass is 10.00. The van der Waals surface area contributed by atoms with Gasteiger partial charge >= 0.3 is 0 Å². The number of hydrogen-bond donors (Lipinski definition) is 1. The van der Waals surface area contributed by atoms with Crippen LogP contribution < -0.4 is 5.56 Å². The molecule has 130 valence electrons. The van der Waals surface area contributed by atoms with Crippen LogP contribution in [0.15, 0.2) is 70.3 Å². The fraction of sp³-hybridized carbons (Fsp3) is 0.143. The molecule has 0 bridgehead atoms. The molecule has 26 heavy (non-hydrogen) atoms. The molecule has 1 aromatic carbocycles. The van der Waals surface area contributed by atoms with Crippen molar-refractivity contribution in [3.05, 3.63) is 88.4 Å². The number of aryl methyl sites for hydroxylation is 2. The first kappa shape index (κ1) is 16.3. The molecule has 0 aliphatic heterocycles. The summed E-state index contributed by atoms with van der Waals surface area (Å²) in [6, 6.07) is 11.5. The first-order valence-electron chi connectivity index (χ1n) is 8.49. The maximum atomic E-state index is 13.3. The van der Waals surface area contributed by atoms with Crippen LogP contribution in [0.2, 0.25) is 0 Å². The van der Waals surface area contributed by atoms with Crippen LogP contribution in [-0.2, 0) is 12.8 Å². The molecule has 0 spiro atoms. The van der Waals surface area contributed by atoms with Gasteiger partial charge in [-0.1, -0.05) is 6.07 Å². The van der Waals surface area contributed by atoms with Gasteiger partial charge < -0.3 is 9.40 Å². The number of furan rings is 1. The predicted molar refractivity (Wildman–Crippen MR) is 98.5 cm³/mol. The molecule has 3 heterocycles. The minimum Gasteiger partial charge on any atom is -0.456 e. The molecule has 0 amide bonds. The van der Waals surface area contributed by atoms with E-state index in [0.29, 0.717) is 0 Å². The standard InChI is InChI=1S/C21H17FN2O2/c22-16-7-5-15(6-8-16)21-17(18-13-23-11-10-19(18)26-21)3-1-2-14-4-9-20(25)24-12-14/h4-13H,1-3H2,(H,24,25). The van der Waals surface area contributed by atoms with Gasteiger partial charge in [-0.15, -0.1) is 0 Å². The molecule has 0 aliphatic rings. The minimum absolute atomic E-state index is 0.0979. The van der Waals surface area contributed by atoms with Gasteiger partial charge in [0.05, 0.1) is 0 Å².